The van der Waals surface area contributed by atoms with Gasteiger partial charge in [-0.3, -0.25) is 4.79 Å². The van der Waals surface area contributed by atoms with Gasteiger partial charge in [-0.2, -0.15) is 0 Å². The smallest absolute Gasteiger partial charge is 0.225 e. The van der Waals surface area contributed by atoms with E-state index < -0.39 is 0 Å². The van der Waals surface area contributed by atoms with Gasteiger partial charge in [0.25, 0.3) is 0 Å². The van der Waals surface area contributed by atoms with Gasteiger partial charge in [0.2, 0.25) is 5.91 Å². The molecule has 3 heteroatoms. The number of rotatable bonds is 3. The Kier molecular flexibility index (Phi) is 4.52. The van der Waals surface area contributed by atoms with Gasteiger partial charge in [-0.05, 0) is 36.0 Å². The second kappa shape index (κ2) is 5.53. The predicted octanol–water partition coefficient (Wildman–Crippen LogP) is 2.89. The molecule has 0 aliphatic heterocycles. The Bertz CT molecular complexity index is 421. The molecule has 100 valence electrons. The molecule has 3 nitrogen and oxygen atoms in total. The quantitative estimate of drug-likeness (QED) is 0.864. The molecule has 0 aromatic heterocycles. The van der Waals surface area contributed by atoms with Crippen LogP contribution in [0.4, 0.5) is 5.69 Å². The lowest BCUT2D eigenvalue weighted by Crippen LogP contribution is -2.18. The van der Waals surface area contributed by atoms with Crippen LogP contribution >= 0.6 is 0 Å². The Morgan fingerprint density at radius 1 is 1.22 bits per heavy atom. The standard InChI is InChI=1S/C15H24N2O/c1-10-8-12(15(3,4)5)9-11(2)14(10)17-13(18)6-7-16/h8-9H,6-7,16H2,1-5H3,(H,17,18). The molecule has 0 aliphatic carbocycles. The van der Waals surface area contributed by atoms with E-state index >= 15 is 0 Å². The molecule has 0 unspecified atom stereocenters. The summed E-state index contributed by atoms with van der Waals surface area (Å²) in [6.07, 6.45) is 0.361. The van der Waals surface area contributed by atoms with E-state index in [0.717, 1.165) is 16.8 Å². The molecular weight excluding hydrogens is 224 g/mol. The predicted molar refractivity (Wildman–Crippen MR) is 76.9 cm³/mol. The maximum atomic E-state index is 11.6. The normalized spacial score (nSPS) is 11.4. The zero-order valence-electron chi connectivity index (χ0n) is 12.1. The largest absolute Gasteiger partial charge is 0.330 e. The second-order valence-electron chi connectivity index (χ2n) is 5.82. The van der Waals surface area contributed by atoms with E-state index in [1.807, 2.05) is 13.8 Å². The Hall–Kier alpha value is -1.35. The summed E-state index contributed by atoms with van der Waals surface area (Å²) >= 11 is 0. The summed E-state index contributed by atoms with van der Waals surface area (Å²) in [5.74, 6) is -0.0211. The summed E-state index contributed by atoms with van der Waals surface area (Å²) in [6.45, 7) is 11.0. The molecule has 0 saturated carbocycles. The molecule has 1 aromatic rings. The number of anilines is 1. The van der Waals surface area contributed by atoms with E-state index in [9.17, 15) is 4.79 Å². The van der Waals surface area contributed by atoms with Gasteiger partial charge >= 0.3 is 0 Å². The van der Waals surface area contributed by atoms with Crippen LogP contribution in [0.5, 0.6) is 0 Å². The number of nitrogens with two attached hydrogens (primary N) is 1. The molecule has 1 aromatic carbocycles. The third-order valence-electron chi connectivity index (χ3n) is 3.03. The molecule has 0 bridgehead atoms. The summed E-state index contributed by atoms with van der Waals surface area (Å²) in [6, 6.07) is 4.29. The van der Waals surface area contributed by atoms with Crippen LogP contribution in [0.2, 0.25) is 0 Å². The Labute approximate surface area is 110 Å². The third kappa shape index (κ3) is 3.57. The summed E-state index contributed by atoms with van der Waals surface area (Å²) in [7, 11) is 0. The van der Waals surface area contributed by atoms with Crippen LogP contribution in [-0.4, -0.2) is 12.5 Å². The van der Waals surface area contributed by atoms with Gasteiger partial charge in [0.05, 0.1) is 0 Å². The molecule has 0 radical (unpaired) electrons. The van der Waals surface area contributed by atoms with E-state index in [1.54, 1.807) is 0 Å². The van der Waals surface area contributed by atoms with Crippen molar-refractivity contribution in [1.29, 1.82) is 0 Å². The number of amides is 1. The lowest BCUT2D eigenvalue weighted by Gasteiger charge is -2.22. The first-order valence-corrected chi connectivity index (χ1v) is 6.37. The maximum absolute atomic E-state index is 11.6. The van der Waals surface area contributed by atoms with Gasteiger partial charge in [-0.1, -0.05) is 32.9 Å². The number of benzene rings is 1. The number of hydrogen-bond donors (Lipinski definition) is 2. The molecule has 0 atom stereocenters. The third-order valence-corrected chi connectivity index (χ3v) is 3.03. The average Bonchev–Trinajstić information content (AvgIpc) is 2.22. The van der Waals surface area contributed by atoms with Crippen molar-refractivity contribution in [1.82, 2.24) is 0 Å². The molecule has 0 saturated heterocycles. The highest BCUT2D eigenvalue weighted by molar-refractivity contribution is 5.92. The van der Waals surface area contributed by atoms with Crippen molar-refractivity contribution in [2.45, 2.75) is 46.5 Å². The number of carbonyl (C=O) groups excluding carboxylic acids is 1. The van der Waals surface area contributed by atoms with Crippen molar-refractivity contribution in [3.63, 3.8) is 0 Å². The van der Waals surface area contributed by atoms with Crippen molar-refractivity contribution in [3.05, 3.63) is 28.8 Å². The lowest BCUT2D eigenvalue weighted by molar-refractivity contribution is -0.116. The van der Waals surface area contributed by atoms with Crippen LogP contribution in [-0.2, 0) is 10.2 Å². The van der Waals surface area contributed by atoms with Gasteiger partial charge in [0.1, 0.15) is 0 Å². The molecule has 1 amide bonds. The van der Waals surface area contributed by atoms with E-state index in [-0.39, 0.29) is 11.3 Å². The molecule has 3 N–H and O–H groups in total. The van der Waals surface area contributed by atoms with E-state index in [4.69, 9.17) is 5.73 Å². The summed E-state index contributed by atoms with van der Waals surface area (Å²) in [5, 5.41) is 2.94. The second-order valence-corrected chi connectivity index (χ2v) is 5.82. The molecule has 0 heterocycles. The number of nitrogens with one attached hydrogen (secondary N) is 1. The van der Waals surface area contributed by atoms with Crippen molar-refractivity contribution in [2.24, 2.45) is 5.73 Å². The van der Waals surface area contributed by atoms with Crippen LogP contribution < -0.4 is 11.1 Å². The van der Waals surface area contributed by atoms with Crippen molar-refractivity contribution in [2.75, 3.05) is 11.9 Å². The minimum absolute atomic E-state index is 0.0211. The monoisotopic (exact) mass is 248 g/mol. The zero-order chi connectivity index (χ0) is 13.9. The topological polar surface area (TPSA) is 55.1 Å². The van der Waals surface area contributed by atoms with Crippen LogP contribution in [0, 0.1) is 13.8 Å². The summed E-state index contributed by atoms with van der Waals surface area (Å²) in [4.78, 5) is 11.6. The minimum Gasteiger partial charge on any atom is -0.330 e. The van der Waals surface area contributed by atoms with Crippen LogP contribution in [0.3, 0.4) is 0 Å². The first-order valence-electron chi connectivity index (χ1n) is 6.37. The number of carbonyl (C=O) groups is 1. The zero-order valence-corrected chi connectivity index (χ0v) is 12.1. The van der Waals surface area contributed by atoms with Gasteiger partial charge < -0.3 is 11.1 Å². The fourth-order valence-electron chi connectivity index (χ4n) is 1.93. The highest BCUT2D eigenvalue weighted by atomic mass is 16.1. The van der Waals surface area contributed by atoms with Gasteiger partial charge in [-0.25, -0.2) is 0 Å². The van der Waals surface area contributed by atoms with Gasteiger partial charge in [0, 0.05) is 18.7 Å². The Balaban J connectivity index is 3.06. The van der Waals surface area contributed by atoms with E-state index in [1.165, 1.54) is 5.56 Å². The molecule has 18 heavy (non-hydrogen) atoms. The highest BCUT2D eigenvalue weighted by Crippen LogP contribution is 2.29. The molecule has 0 fully saturated rings. The summed E-state index contributed by atoms with van der Waals surface area (Å²) in [5.41, 5.74) is 9.91. The highest BCUT2D eigenvalue weighted by Gasteiger charge is 2.16. The first-order chi connectivity index (χ1) is 8.25. The molecule has 0 aliphatic rings. The number of hydrogen-bond acceptors (Lipinski definition) is 2. The van der Waals surface area contributed by atoms with Gasteiger partial charge in [0.15, 0.2) is 0 Å². The molecular formula is C15H24N2O. The summed E-state index contributed by atoms with van der Waals surface area (Å²) < 4.78 is 0. The van der Waals surface area contributed by atoms with Crippen molar-refractivity contribution in [3.8, 4) is 0 Å². The average molecular weight is 248 g/mol. The Morgan fingerprint density at radius 2 is 1.72 bits per heavy atom. The fraction of sp³-hybridized carbons (Fsp3) is 0.533. The van der Waals surface area contributed by atoms with E-state index in [0.29, 0.717) is 13.0 Å². The fourth-order valence-corrected chi connectivity index (χ4v) is 1.93. The Morgan fingerprint density at radius 3 is 2.11 bits per heavy atom. The number of aryl methyl sites for hydroxylation is 2. The maximum Gasteiger partial charge on any atom is 0.225 e. The van der Waals surface area contributed by atoms with Crippen LogP contribution in [0.25, 0.3) is 0 Å². The SMILES string of the molecule is Cc1cc(C(C)(C)C)cc(C)c1NC(=O)CCN. The molecule has 0 spiro atoms. The molecule has 1 rings (SSSR count). The lowest BCUT2D eigenvalue weighted by atomic mass is 9.85. The van der Waals surface area contributed by atoms with Crippen molar-refractivity contribution >= 4 is 11.6 Å². The van der Waals surface area contributed by atoms with Crippen LogP contribution in [0.1, 0.15) is 43.9 Å². The van der Waals surface area contributed by atoms with Crippen LogP contribution in [0.15, 0.2) is 12.1 Å². The van der Waals surface area contributed by atoms with Gasteiger partial charge in [-0.15, -0.1) is 0 Å². The minimum atomic E-state index is -0.0211. The first kappa shape index (κ1) is 14.7. The van der Waals surface area contributed by atoms with E-state index in [2.05, 4.69) is 38.2 Å². The van der Waals surface area contributed by atoms with Crippen molar-refractivity contribution < 1.29 is 4.79 Å².